The van der Waals surface area contributed by atoms with Crippen LogP contribution in [0.4, 0.5) is 5.13 Å². The zero-order chi connectivity index (χ0) is 26.7. The molecule has 0 spiro atoms. The van der Waals surface area contributed by atoms with Gasteiger partial charge in [0.2, 0.25) is 5.16 Å². The predicted octanol–water partition coefficient (Wildman–Crippen LogP) is -1.06. The lowest BCUT2D eigenvalue weighted by atomic mass is 10.0. The molecule has 18 heteroatoms. The second-order valence-electron chi connectivity index (χ2n) is 7.79. The number of thioether (sulfide) groups is 2. The standard InChI is InChI=1S/C19H24N10O5S3/c1-8-25-26-19(29(8)22)37-6-9-5-35-16-12(15(31)28(16)13(9)17(32)33)24-14(30)11(27-34-4-2-3-20)10-7-36-18(21)23-10/h7,12,16H,2-6,20,22H2,1H3,(H2,21,23)(H,24,30)(H,32,33)/t12?,16-/m1/s1. The molecule has 2 aliphatic heterocycles. The van der Waals surface area contributed by atoms with E-state index in [0.29, 0.717) is 35.3 Å². The van der Waals surface area contributed by atoms with Crippen LogP contribution < -0.4 is 22.6 Å². The van der Waals surface area contributed by atoms with Crippen molar-refractivity contribution < 1.29 is 24.3 Å². The number of nitrogens with two attached hydrogens (primary N) is 3. The van der Waals surface area contributed by atoms with Gasteiger partial charge in [0.15, 0.2) is 10.8 Å². The molecule has 198 valence electrons. The topological polar surface area (TPSA) is 230 Å². The first-order valence-corrected chi connectivity index (χ1v) is 13.8. The van der Waals surface area contributed by atoms with Gasteiger partial charge < -0.3 is 32.6 Å². The van der Waals surface area contributed by atoms with Gasteiger partial charge in [-0.25, -0.2) is 14.5 Å². The van der Waals surface area contributed by atoms with Gasteiger partial charge in [-0.1, -0.05) is 16.9 Å². The van der Waals surface area contributed by atoms with Gasteiger partial charge in [-0.3, -0.25) is 14.5 Å². The van der Waals surface area contributed by atoms with E-state index in [9.17, 15) is 19.5 Å². The number of aromatic nitrogens is 4. The third kappa shape index (κ3) is 5.50. The van der Waals surface area contributed by atoms with Crippen LogP contribution in [0.5, 0.6) is 0 Å². The van der Waals surface area contributed by atoms with Crippen molar-refractivity contribution in [2.24, 2.45) is 10.9 Å². The van der Waals surface area contributed by atoms with Crippen molar-refractivity contribution in [1.29, 1.82) is 0 Å². The SMILES string of the molecule is Cc1nnc(SCC2=C(C(=O)O)N3C(=O)C(NC(=O)C(=NOCCCN)c4csc(N)n4)[C@H]3SC2)n1N. The highest BCUT2D eigenvalue weighted by atomic mass is 32.2. The van der Waals surface area contributed by atoms with Crippen LogP contribution in [0.1, 0.15) is 17.9 Å². The van der Waals surface area contributed by atoms with Gasteiger partial charge >= 0.3 is 5.97 Å². The molecule has 2 aromatic rings. The van der Waals surface area contributed by atoms with Crippen molar-refractivity contribution >= 4 is 63.5 Å². The number of amides is 2. The zero-order valence-electron chi connectivity index (χ0n) is 19.5. The second kappa shape index (κ2) is 11.4. The molecule has 0 saturated carbocycles. The van der Waals surface area contributed by atoms with Gasteiger partial charge in [0.1, 0.15) is 35.2 Å². The number of rotatable bonds is 11. The maximum Gasteiger partial charge on any atom is 0.352 e. The van der Waals surface area contributed by atoms with E-state index in [1.165, 1.54) is 33.1 Å². The molecule has 0 bridgehead atoms. The summed E-state index contributed by atoms with van der Waals surface area (Å²) >= 11 is 3.68. The highest BCUT2D eigenvalue weighted by Crippen LogP contribution is 2.41. The summed E-state index contributed by atoms with van der Waals surface area (Å²) in [4.78, 5) is 48.6. The number of thiazole rings is 1. The molecule has 15 nitrogen and oxygen atoms in total. The Morgan fingerprint density at radius 1 is 1.41 bits per heavy atom. The second-order valence-corrected chi connectivity index (χ2v) is 10.7. The molecule has 1 unspecified atom stereocenters. The first-order chi connectivity index (χ1) is 17.7. The maximum atomic E-state index is 13.1. The Morgan fingerprint density at radius 2 is 2.19 bits per heavy atom. The Bertz CT molecular complexity index is 1270. The van der Waals surface area contributed by atoms with E-state index in [1.807, 2.05) is 0 Å². The zero-order valence-corrected chi connectivity index (χ0v) is 21.9. The summed E-state index contributed by atoms with van der Waals surface area (Å²) in [6.45, 7) is 2.27. The average molecular weight is 569 g/mol. The minimum absolute atomic E-state index is 0.113. The Morgan fingerprint density at radius 3 is 2.81 bits per heavy atom. The number of aryl methyl sites for hydroxylation is 1. The molecule has 2 amide bonds. The smallest absolute Gasteiger partial charge is 0.352 e. The first kappa shape index (κ1) is 26.7. The molecule has 2 atom stereocenters. The van der Waals surface area contributed by atoms with Crippen LogP contribution in [0.15, 0.2) is 27.0 Å². The lowest BCUT2D eigenvalue weighted by molar-refractivity contribution is -0.150. The van der Waals surface area contributed by atoms with Crippen molar-refractivity contribution in [1.82, 2.24) is 30.1 Å². The summed E-state index contributed by atoms with van der Waals surface area (Å²) < 4.78 is 1.31. The first-order valence-electron chi connectivity index (χ1n) is 10.8. The number of oxime groups is 1. The Kier molecular flexibility index (Phi) is 8.20. The maximum absolute atomic E-state index is 13.1. The van der Waals surface area contributed by atoms with Crippen LogP contribution in [0, 0.1) is 6.92 Å². The lowest BCUT2D eigenvalue weighted by Gasteiger charge is -2.49. The summed E-state index contributed by atoms with van der Waals surface area (Å²) in [6.07, 6.45) is 0.528. The van der Waals surface area contributed by atoms with Crippen LogP contribution >= 0.6 is 34.9 Å². The molecular weight excluding hydrogens is 544 g/mol. The van der Waals surface area contributed by atoms with E-state index >= 15 is 0 Å². The van der Waals surface area contributed by atoms with Crippen LogP contribution in [0.2, 0.25) is 0 Å². The normalized spacial score (nSPS) is 19.5. The molecule has 0 aliphatic carbocycles. The number of hydrogen-bond donors (Lipinski definition) is 5. The van der Waals surface area contributed by atoms with E-state index < -0.39 is 29.2 Å². The van der Waals surface area contributed by atoms with Crippen LogP contribution in [-0.2, 0) is 19.2 Å². The van der Waals surface area contributed by atoms with E-state index in [4.69, 9.17) is 22.1 Å². The van der Waals surface area contributed by atoms with Gasteiger partial charge in [-0.05, 0) is 25.5 Å². The van der Waals surface area contributed by atoms with E-state index in [-0.39, 0.29) is 34.6 Å². The van der Waals surface area contributed by atoms with Gasteiger partial charge in [0.05, 0.1) is 0 Å². The molecule has 8 N–H and O–H groups in total. The summed E-state index contributed by atoms with van der Waals surface area (Å²) in [5, 5.41) is 25.8. The minimum Gasteiger partial charge on any atom is -0.477 e. The quantitative estimate of drug-likeness (QED) is 0.0544. The number of carboxylic acid groups (broad SMARTS) is 1. The van der Waals surface area contributed by atoms with E-state index in [2.05, 4.69) is 25.7 Å². The van der Waals surface area contributed by atoms with Crippen molar-refractivity contribution in [2.45, 2.75) is 29.9 Å². The summed E-state index contributed by atoms with van der Waals surface area (Å²) in [6, 6.07) is -0.957. The van der Waals surface area contributed by atoms with Crippen molar-refractivity contribution in [3.05, 3.63) is 28.2 Å². The van der Waals surface area contributed by atoms with Crippen LogP contribution in [0.25, 0.3) is 0 Å². The summed E-state index contributed by atoms with van der Waals surface area (Å²) in [5.41, 5.74) is 11.6. The fourth-order valence-corrected chi connectivity index (χ4v) is 6.40. The number of nitrogens with one attached hydrogen (secondary N) is 1. The number of carboxylic acids is 1. The Labute approximate surface area is 222 Å². The van der Waals surface area contributed by atoms with Gasteiger partial charge in [-0.2, -0.15) is 0 Å². The molecule has 1 saturated heterocycles. The summed E-state index contributed by atoms with van der Waals surface area (Å²) in [5.74, 6) is 4.47. The predicted molar refractivity (Wildman–Crippen MR) is 138 cm³/mol. The summed E-state index contributed by atoms with van der Waals surface area (Å²) in [7, 11) is 0. The number of carbonyl (C=O) groups excluding carboxylic acids is 2. The number of carbonyl (C=O) groups is 3. The number of nitrogens with zero attached hydrogens (tertiary/aromatic N) is 6. The van der Waals surface area contributed by atoms with Gasteiger partial charge in [0, 0.05) is 16.9 Å². The molecule has 1 fully saturated rings. The Balaban J connectivity index is 1.48. The third-order valence-electron chi connectivity index (χ3n) is 5.32. The van der Waals surface area contributed by atoms with E-state index in [0.717, 1.165) is 11.3 Å². The molecule has 0 aromatic carbocycles. The van der Waals surface area contributed by atoms with Gasteiger partial charge in [-0.15, -0.1) is 33.3 Å². The van der Waals surface area contributed by atoms with Crippen molar-refractivity contribution in [2.75, 3.05) is 36.2 Å². The minimum atomic E-state index is -1.24. The number of hydrogen-bond acceptors (Lipinski definition) is 14. The molecule has 4 rings (SSSR count). The lowest BCUT2D eigenvalue weighted by Crippen LogP contribution is -2.71. The van der Waals surface area contributed by atoms with Gasteiger partial charge in [0.25, 0.3) is 11.8 Å². The molecule has 2 aromatic heterocycles. The fraction of sp³-hybridized carbons (Fsp3) is 0.421. The molecular formula is C19H24N10O5S3. The molecule has 37 heavy (non-hydrogen) atoms. The highest BCUT2D eigenvalue weighted by Gasteiger charge is 2.54. The Hall–Kier alpha value is -3.35. The average Bonchev–Trinajstić information content (AvgIpc) is 3.44. The number of β-lactam (4-membered cyclic amide) rings is 1. The van der Waals surface area contributed by atoms with E-state index in [1.54, 1.807) is 12.3 Å². The molecule has 2 aliphatic rings. The highest BCUT2D eigenvalue weighted by molar-refractivity contribution is 8.01. The molecule has 0 radical (unpaired) electrons. The van der Waals surface area contributed by atoms with Crippen molar-refractivity contribution in [3.8, 4) is 0 Å². The fourth-order valence-electron chi connectivity index (χ4n) is 3.46. The number of nitrogen functional groups attached to an aromatic ring is 2. The third-order valence-corrected chi connectivity index (χ3v) is 8.36. The number of fused-ring (bicyclic) bond motifs is 1. The van der Waals surface area contributed by atoms with Crippen LogP contribution in [0.3, 0.4) is 0 Å². The number of aliphatic carboxylic acids is 1. The number of anilines is 1. The largest absolute Gasteiger partial charge is 0.477 e. The van der Waals surface area contributed by atoms with Crippen molar-refractivity contribution in [3.63, 3.8) is 0 Å². The molecule has 4 heterocycles. The van der Waals surface area contributed by atoms with Crippen LogP contribution in [-0.4, -0.2) is 89.4 Å². The monoisotopic (exact) mass is 568 g/mol.